The molecule has 0 radical (unpaired) electrons. The lowest BCUT2D eigenvalue weighted by Crippen LogP contribution is -2.00. The van der Waals surface area contributed by atoms with Gasteiger partial charge in [-0.15, -0.1) is 0 Å². The molecule has 112 valence electrons. The number of benzene rings is 2. The zero-order valence-electron chi connectivity index (χ0n) is 11.9. The summed E-state index contributed by atoms with van der Waals surface area (Å²) in [5.41, 5.74) is 2.25. The van der Waals surface area contributed by atoms with E-state index in [0.29, 0.717) is 6.61 Å². The fourth-order valence-corrected chi connectivity index (χ4v) is 2.79. The molecule has 0 aliphatic carbocycles. The van der Waals surface area contributed by atoms with Gasteiger partial charge < -0.3 is 9.47 Å². The molecule has 2 nitrogen and oxygen atoms in total. The van der Waals surface area contributed by atoms with Gasteiger partial charge in [0.2, 0.25) is 0 Å². The van der Waals surface area contributed by atoms with Crippen LogP contribution in [-0.2, 0) is 11.9 Å². The van der Waals surface area contributed by atoms with E-state index >= 15 is 0 Å². The van der Waals surface area contributed by atoms with Gasteiger partial charge in [0.15, 0.2) is 0 Å². The van der Waals surface area contributed by atoms with Crippen LogP contribution < -0.4 is 9.47 Å². The molecule has 21 heavy (non-hydrogen) atoms. The molecular formula is C17H18Br2O2. The van der Waals surface area contributed by atoms with Crippen molar-refractivity contribution in [2.75, 3.05) is 6.61 Å². The van der Waals surface area contributed by atoms with E-state index in [1.165, 1.54) is 0 Å². The van der Waals surface area contributed by atoms with Crippen molar-refractivity contribution in [2.24, 2.45) is 0 Å². The van der Waals surface area contributed by atoms with Gasteiger partial charge in [-0.25, -0.2) is 0 Å². The van der Waals surface area contributed by atoms with E-state index in [1.54, 1.807) is 0 Å². The summed E-state index contributed by atoms with van der Waals surface area (Å²) in [7, 11) is 0. The second kappa shape index (κ2) is 8.44. The number of hydrogen-bond acceptors (Lipinski definition) is 2. The molecule has 2 aromatic rings. The Kier molecular flexibility index (Phi) is 6.58. The molecule has 0 amide bonds. The quantitative estimate of drug-likeness (QED) is 0.541. The summed E-state index contributed by atoms with van der Waals surface area (Å²) in [5, 5.41) is 0.759. The van der Waals surface area contributed by atoms with Crippen LogP contribution in [0.25, 0.3) is 0 Å². The minimum Gasteiger partial charge on any atom is -0.493 e. The highest BCUT2D eigenvalue weighted by atomic mass is 79.9. The lowest BCUT2D eigenvalue weighted by molar-refractivity contribution is 0.293. The average Bonchev–Trinajstić information content (AvgIpc) is 2.51. The highest BCUT2D eigenvalue weighted by molar-refractivity contribution is 9.10. The zero-order chi connectivity index (χ0) is 15.1. The summed E-state index contributed by atoms with van der Waals surface area (Å²) < 4.78 is 12.7. The lowest BCUT2D eigenvalue weighted by atomic mass is 10.2. The third kappa shape index (κ3) is 5.04. The molecule has 0 unspecified atom stereocenters. The van der Waals surface area contributed by atoms with Crippen LogP contribution in [0.2, 0.25) is 0 Å². The van der Waals surface area contributed by atoms with Gasteiger partial charge in [0.25, 0.3) is 0 Å². The molecular weight excluding hydrogens is 396 g/mol. The topological polar surface area (TPSA) is 18.5 Å². The molecule has 0 aliphatic heterocycles. The first-order chi connectivity index (χ1) is 10.2. The molecule has 0 aliphatic rings. The highest BCUT2D eigenvalue weighted by Crippen LogP contribution is 2.28. The largest absolute Gasteiger partial charge is 0.493 e. The predicted octanol–water partition coefficient (Wildman–Crippen LogP) is 5.71. The Morgan fingerprint density at radius 2 is 1.90 bits per heavy atom. The molecule has 4 heteroatoms. The van der Waals surface area contributed by atoms with Crippen molar-refractivity contribution >= 4 is 31.9 Å². The Hall–Kier alpha value is -1.00. The van der Waals surface area contributed by atoms with Crippen LogP contribution >= 0.6 is 31.9 Å². The van der Waals surface area contributed by atoms with Crippen molar-refractivity contribution in [3.05, 3.63) is 58.1 Å². The third-order valence-electron chi connectivity index (χ3n) is 2.94. The van der Waals surface area contributed by atoms with E-state index in [2.05, 4.69) is 50.9 Å². The smallest absolute Gasteiger partial charge is 0.127 e. The zero-order valence-corrected chi connectivity index (χ0v) is 15.1. The van der Waals surface area contributed by atoms with Crippen molar-refractivity contribution in [1.82, 2.24) is 0 Å². The van der Waals surface area contributed by atoms with Crippen LogP contribution in [0.3, 0.4) is 0 Å². The Bertz CT molecular complexity index is 585. The van der Waals surface area contributed by atoms with E-state index in [1.807, 2.05) is 30.3 Å². The van der Waals surface area contributed by atoms with Gasteiger partial charge >= 0.3 is 0 Å². The average molecular weight is 414 g/mol. The Labute approximate surface area is 142 Å². The summed E-state index contributed by atoms with van der Waals surface area (Å²) in [6.07, 6.45) is 0.994. The fraction of sp³-hybridized carbons (Fsp3) is 0.294. The second-order valence-electron chi connectivity index (χ2n) is 4.67. The van der Waals surface area contributed by atoms with Crippen molar-refractivity contribution in [3.63, 3.8) is 0 Å². The Morgan fingerprint density at radius 3 is 2.62 bits per heavy atom. The maximum atomic E-state index is 5.96. The summed E-state index contributed by atoms with van der Waals surface area (Å²) in [5.74, 6) is 1.71. The summed E-state index contributed by atoms with van der Waals surface area (Å²) in [4.78, 5) is 0. The van der Waals surface area contributed by atoms with Gasteiger partial charge in [-0.2, -0.15) is 0 Å². The highest BCUT2D eigenvalue weighted by Gasteiger charge is 2.06. The number of hydrogen-bond donors (Lipinski definition) is 0. The van der Waals surface area contributed by atoms with Gasteiger partial charge in [0.1, 0.15) is 18.1 Å². The van der Waals surface area contributed by atoms with Gasteiger partial charge in [-0.05, 0) is 30.2 Å². The fourth-order valence-electron chi connectivity index (χ4n) is 1.88. The maximum absolute atomic E-state index is 5.96. The second-order valence-corrected chi connectivity index (χ2v) is 6.15. The molecule has 0 heterocycles. The van der Waals surface area contributed by atoms with Crippen molar-refractivity contribution in [3.8, 4) is 11.5 Å². The van der Waals surface area contributed by atoms with Gasteiger partial charge in [0.05, 0.1) is 6.61 Å². The van der Waals surface area contributed by atoms with E-state index in [9.17, 15) is 0 Å². The van der Waals surface area contributed by atoms with E-state index < -0.39 is 0 Å². The van der Waals surface area contributed by atoms with Crippen LogP contribution in [0.1, 0.15) is 24.5 Å². The molecule has 0 bridgehead atoms. The number of rotatable bonds is 7. The first-order valence-corrected chi connectivity index (χ1v) is 8.83. The van der Waals surface area contributed by atoms with Crippen LogP contribution in [0.4, 0.5) is 0 Å². The molecule has 0 saturated carbocycles. The first kappa shape index (κ1) is 16.4. The molecule has 2 rings (SSSR count). The summed E-state index contributed by atoms with van der Waals surface area (Å²) >= 11 is 6.97. The van der Waals surface area contributed by atoms with E-state index in [4.69, 9.17) is 9.47 Å². The van der Waals surface area contributed by atoms with E-state index in [-0.39, 0.29) is 0 Å². The SMILES string of the molecule is CCCOc1ccc(CBr)c(OCc2cccc(Br)c2)c1. The molecule has 0 N–H and O–H groups in total. The van der Waals surface area contributed by atoms with Gasteiger partial charge in [0, 0.05) is 21.4 Å². The third-order valence-corrected chi connectivity index (χ3v) is 4.04. The predicted molar refractivity (Wildman–Crippen MR) is 93.3 cm³/mol. The lowest BCUT2D eigenvalue weighted by Gasteiger charge is -2.13. The van der Waals surface area contributed by atoms with Gasteiger partial charge in [-0.1, -0.05) is 57.0 Å². The van der Waals surface area contributed by atoms with Crippen molar-refractivity contribution < 1.29 is 9.47 Å². The minimum absolute atomic E-state index is 0.538. The van der Waals surface area contributed by atoms with Gasteiger partial charge in [-0.3, -0.25) is 0 Å². The molecule has 2 aromatic carbocycles. The van der Waals surface area contributed by atoms with Crippen LogP contribution in [0, 0.1) is 0 Å². The van der Waals surface area contributed by atoms with E-state index in [0.717, 1.165) is 45.5 Å². The summed E-state index contributed by atoms with van der Waals surface area (Å²) in [6.45, 7) is 3.35. The molecule has 0 spiro atoms. The number of alkyl halides is 1. The van der Waals surface area contributed by atoms with Crippen LogP contribution in [0.5, 0.6) is 11.5 Å². The molecule has 0 fully saturated rings. The maximum Gasteiger partial charge on any atom is 0.127 e. The Morgan fingerprint density at radius 1 is 1.05 bits per heavy atom. The monoisotopic (exact) mass is 412 g/mol. The van der Waals surface area contributed by atoms with Crippen LogP contribution in [-0.4, -0.2) is 6.61 Å². The van der Waals surface area contributed by atoms with Crippen molar-refractivity contribution in [1.29, 1.82) is 0 Å². The summed E-state index contributed by atoms with van der Waals surface area (Å²) in [6, 6.07) is 14.1. The number of ether oxygens (including phenoxy) is 2. The molecule has 0 saturated heterocycles. The normalized spacial score (nSPS) is 10.4. The Balaban J connectivity index is 2.09. The van der Waals surface area contributed by atoms with Crippen molar-refractivity contribution in [2.45, 2.75) is 25.3 Å². The molecule has 0 aromatic heterocycles. The number of halogens is 2. The minimum atomic E-state index is 0.538. The standard InChI is InChI=1S/C17H18Br2O2/c1-2-8-20-16-7-6-14(11-18)17(10-16)21-12-13-4-3-5-15(19)9-13/h3-7,9-10H,2,8,11-12H2,1H3. The first-order valence-electron chi connectivity index (χ1n) is 6.92. The van der Waals surface area contributed by atoms with Crippen LogP contribution in [0.15, 0.2) is 46.9 Å². The molecule has 0 atom stereocenters.